The van der Waals surface area contributed by atoms with Crippen molar-refractivity contribution in [3.05, 3.63) is 0 Å². The molecule has 1 fully saturated rings. The third-order valence-corrected chi connectivity index (χ3v) is 6.29. The molecule has 27 heavy (non-hydrogen) atoms. The van der Waals surface area contributed by atoms with Gasteiger partial charge in [0, 0.05) is 12.3 Å². The smallest absolute Gasteiger partial charge is 0.306 e. The number of aliphatic hydroxyl groups is 1. The van der Waals surface area contributed by atoms with E-state index >= 15 is 0 Å². The Kier molecular flexibility index (Phi) is 13.1. The molecule has 0 aromatic carbocycles. The van der Waals surface area contributed by atoms with Gasteiger partial charge >= 0.3 is 5.97 Å². The zero-order valence-electron chi connectivity index (χ0n) is 18.4. The first-order valence-corrected chi connectivity index (χ1v) is 11.9. The molecular formula is C24H46O3. The van der Waals surface area contributed by atoms with E-state index in [2.05, 4.69) is 6.92 Å². The van der Waals surface area contributed by atoms with Gasteiger partial charge in [0.1, 0.15) is 5.60 Å². The van der Waals surface area contributed by atoms with Gasteiger partial charge in [-0.3, -0.25) is 4.79 Å². The van der Waals surface area contributed by atoms with Gasteiger partial charge in [-0.1, -0.05) is 104 Å². The van der Waals surface area contributed by atoms with Gasteiger partial charge in [0.25, 0.3) is 0 Å². The van der Waals surface area contributed by atoms with Crippen LogP contribution in [0.4, 0.5) is 0 Å². The quantitative estimate of drug-likeness (QED) is 0.206. The highest BCUT2D eigenvalue weighted by Crippen LogP contribution is 2.49. The van der Waals surface area contributed by atoms with E-state index in [1.165, 1.54) is 83.5 Å². The van der Waals surface area contributed by atoms with Gasteiger partial charge in [0.05, 0.1) is 6.10 Å². The van der Waals surface area contributed by atoms with E-state index in [0.717, 1.165) is 19.3 Å². The van der Waals surface area contributed by atoms with Gasteiger partial charge in [-0.15, -0.1) is 0 Å². The number of unbranched alkanes of at least 4 members (excludes halogenated alkanes) is 14. The summed E-state index contributed by atoms with van der Waals surface area (Å²) in [6.07, 6.45) is 20.7. The number of carbonyl (C=O) groups excluding carboxylic acids is 1. The van der Waals surface area contributed by atoms with Crippen LogP contribution in [0.25, 0.3) is 0 Å². The minimum Gasteiger partial charge on any atom is -0.456 e. The average Bonchev–Trinajstić information content (AvgIpc) is 3.29. The zero-order chi connectivity index (χ0) is 20.0. The first-order valence-electron chi connectivity index (χ1n) is 11.9. The molecule has 0 spiro atoms. The topological polar surface area (TPSA) is 46.5 Å². The molecule has 0 aliphatic heterocycles. The Labute approximate surface area is 168 Å². The predicted octanol–water partition coefficient (Wildman–Crippen LogP) is 6.95. The first kappa shape index (κ1) is 24.5. The Balaban J connectivity index is 1.81. The lowest BCUT2D eigenvalue weighted by Crippen LogP contribution is -2.33. The lowest BCUT2D eigenvalue weighted by molar-refractivity contribution is -0.159. The van der Waals surface area contributed by atoms with Crippen LogP contribution in [0.5, 0.6) is 0 Å². The third-order valence-electron chi connectivity index (χ3n) is 6.29. The molecule has 0 heterocycles. The van der Waals surface area contributed by atoms with Gasteiger partial charge in [-0.2, -0.15) is 0 Å². The molecule has 0 aromatic heterocycles. The third kappa shape index (κ3) is 10.5. The Bertz CT molecular complexity index is 380. The number of aliphatic hydroxyl groups excluding tert-OH is 1. The van der Waals surface area contributed by atoms with Crippen molar-refractivity contribution in [2.75, 3.05) is 0 Å². The standard InChI is InChI=1S/C24H46O3/c1-4-5-6-7-8-9-10-11-12-13-14-15-16-17-18-19-23(26)27-24(22(3)25)20-21(24)2/h21-22,25H,4-20H2,1-3H3. The molecule has 1 aliphatic rings. The highest BCUT2D eigenvalue weighted by Gasteiger charge is 2.58. The molecule has 1 saturated carbocycles. The van der Waals surface area contributed by atoms with E-state index < -0.39 is 11.7 Å². The molecule has 0 amide bonds. The van der Waals surface area contributed by atoms with Gasteiger partial charge in [0.2, 0.25) is 0 Å². The van der Waals surface area contributed by atoms with Gasteiger partial charge in [-0.25, -0.2) is 0 Å². The second-order valence-corrected chi connectivity index (χ2v) is 8.91. The summed E-state index contributed by atoms with van der Waals surface area (Å²) in [5, 5.41) is 9.79. The highest BCUT2D eigenvalue weighted by atomic mass is 16.6. The number of esters is 1. The highest BCUT2D eigenvalue weighted by molar-refractivity contribution is 5.70. The monoisotopic (exact) mass is 382 g/mol. The van der Waals surface area contributed by atoms with Crippen LogP contribution in [-0.4, -0.2) is 22.8 Å². The number of hydrogen-bond acceptors (Lipinski definition) is 3. The molecule has 0 aromatic rings. The SMILES string of the molecule is CCCCCCCCCCCCCCCCCC(=O)OC1(C(C)O)CC1C. The largest absolute Gasteiger partial charge is 0.456 e. The van der Waals surface area contributed by atoms with Crippen molar-refractivity contribution in [1.82, 2.24) is 0 Å². The van der Waals surface area contributed by atoms with Gasteiger partial charge in [0.15, 0.2) is 0 Å². The number of ether oxygens (including phenoxy) is 1. The Morgan fingerprint density at radius 2 is 1.26 bits per heavy atom. The lowest BCUT2D eigenvalue weighted by atomic mass is 10.0. The fraction of sp³-hybridized carbons (Fsp3) is 0.958. The van der Waals surface area contributed by atoms with Crippen LogP contribution < -0.4 is 0 Å². The van der Waals surface area contributed by atoms with Crippen molar-refractivity contribution in [3.8, 4) is 0 Å². The molecule has 3 unspecified atom stereocenters. The fourth-order valence-corrected chi connectivity index (χ4v) is 4.13. The molecule has 1 rings (SSSR count). The maximum Gasteiger partial charge on any atom is 0.306 e. The average molecular weight is 383 g/mol. The van der Waals surface area contributed by atoms with Crippen molar-refractivity contribution >= 4 is 5.97 Å². The molecule has 0 bridgehead atoms. The zero-order valence-corrected chi connectivity index (χ0v) is 18.4. The summed E-state index contributed by atoms with van der Waals surface area (Å²) < 4.78 is 5.55. The second-order valence-electron chi connectivity index (χ2n) is 8.91. The van der Waals surface area contributed by atoms with E-state index in [1.54, 1.807) is 6.92 Å². The van der Waals surface area contributed by atoms with E-state index in [1.807, 2.05) is 6.92 Å². The summed E-state index contributed by atoms with van der Waals surface area (Å²) in [5.74, 6) is 0.164. The van der Waals surface area contributed by atoms with E-state index in [9.17, 15) is 9.90 Å². The summed E-state index contributed by atoms with van der Waals surface area (Å²) in [5.41, 5.74) is -0.577. The summed E-state index contributed by atoms with van der Waals surface area (Å²) in [6, 6.07) is 0. The molecule has 1 aliphatic carbocycles. The van der Waals surface area contributed by atoms with Crippen molar-refractivity contribution in [1.29, 1.82) is 0 Å². The number of carbonyl (C=O) groups is 1. The molecule has 3 nitrogen and oxygen atoms in total. The van der Waals surface area contributed by atoms with Gasteiger partial charge in [-0.05, 0) is 19.8 Å². The van der Waals surface area contributed by atoms with E-state index in [-0.39, 0.29) is 5.97 Å². The minimum absolute atomic E-state index is 0.130. The maximum absolute atomic E-state index is 11.9. The maximum atomic E-state index is 11.9. The normalized spacial score (nSPS) is 22.6. The lowest BCUT2D eigenvalue weighted by Gasteiger charge is -2.20. The molecule has 0 saturated heterocycles. The van der Waals surface area contributed by atoms with Crippen molar-refractivity contribution in [3.63, 3.8) is 0 Å². The Morgan fingerprint density at radius 1 is 0.889 bits per heavy atom. The van der Waals surface area contributed by atoms with Crippen LogP contribution in [0.3, 0.4) is 0 Å². The second kappa shape index (κ2) is 14.4. The summed E-state index contributed by atoms with van der Waals surface area (Å²) in [4.78, 5) is 11.9. The van der Waals surface area contributed by atoms with Crippen molar-refractivity contribution in [2.45, 2.75) is 142 Å². The van der Waals surface area contributed by atoms with Crippen LogP contribution in [-0.2, 0) is 9.53 Å². The van der Waals surface area contributed by atoms with E-state index in [0.29, 0.717) is 12.3 Å². The Hall–Kier alpha value is -0.570. The molecule has 0 radical (unpaired) electrons. The fourth-order valence-electron chi connectivity index (χ4n) is 4.13. The molecule has 160 valence electrons. The van der Waals surface area contributed by atoms with Crippen LogP contribution in [0.2, 0.25) is 0 Å². The van der Waals surface area contributed by atoms with E-state index in [4.69, 9.17) is 4.74 Å². The minimum atomic E-state index is -0.577. The van der Waals surface area contributed by atoms with Crippen LogP contribution in [0.1, 0.15) is 130 Å². The molecule has 1 N–H and O–H groups in total. The molecular weight excluding hydrogens is 336 g/mol. The van der Waals surface area contributed by atoms with Crippen molar-refractivity contribution in [2.24, 2.45) is 5.92 Å². The first-order chi connectivity index (χ1) is 13.0. The number of rotatable bonds is 18. The summed E-state index contributed by atoms with van der Waals surface area (Å²) in [6.45, 7) is 6.04. The molecule has 3 heteroatoms. The Morgan fingerprint density at radius 3 is 1.59 bits per heavy atom. The predicted molar refractivity (Wildman–Crippen MR) is 114 cm³/mol. The van der Waals surface area contributed by atoms with Crippen LogP contribution in [0, 0.1) is 5.92 Å². The van der Waals surface area contributed by atoms with Crippen LogP contribution >= 0.6 is 0 Å². The van der Waals surface area contributed by atoms with Gasteiger partial charge < -0.3 is 9.84 Å². The van der Waals surface area contributed by atoms with Crippen molar-refractivity contribution < 1.29 is 14.6 Å². The summed E-state index contributed by atoms with van der Waals surface area (Å²) in [7, 11) is 0. The number of hydrogen-bond donors (Lipinski definition) is 1. The van der Waals surface area contributed by atoms with Crippen LogP contribution in [0.15, 0.2) is 0 Å². The molecule has 3 atom stereocenters. The summed E-state index contributed by atoms with van der Waals surface area (Å²) >= 11 is 0.